The Morgan fingerprint density at radius 1 is 1.45 bits per heavy atom. The lowest BCUT2D eigenvalue weighted by Gasteiger charge is -2.34. The summed E-state index contributed by atoms with van der Waals surface area (Å²) < 4.78 is 18.8. The van der Waals surface area contributed by atoms with E-state index >= 15 is 0 Å². The Morgan fingerprint density at radius 3 is 3.00 bits per heavy atom. The van der Waals surface area contributed by atoms with E-state index in [1.54, 1.807) is 17.4 Å². The van der Waals surface area contributed by atoms with Crippen molar-refractivity contribution in [1.29, 1.82) is 0 Å². The van der Waals surface area contributed by atoms with Gasteiger partial charge in [0.15, 0.2) is 11.6 Å². The lowest BCUT2D eigenvalue weighted by atomic mass is 10.1. The molecule has 2 aromatic rings. The van der Waals surface area contributed by atoms with Gasteiger partial charge in [-0.1, -0.05) is 12.1 Å². The molecular formula is C16H17FN2O2S. The van der Waals surface area contributed by atoms with Crippen molar-refractivity contribution in [1.82, 2.24) is 10.2 Å². The van der Waals surface area contributed by atoms with Crippen LogP contribution >= 0.6 is 11.3 Å². The number of rotatable bonds is 4. The quantitative estimate of drug-likeness (QED) is 0.941. The molecule has 0 radical (unpaired) electrons. The van der Waals surface area contributed by atoms with Gasteiger partial charge < -0.3 is 10.1 Å². The first-order valence-electron chi connectivity index (χ1n) is 7.06. The van der Waals surface area contributed by atoms with Crippen molar-refractivity contribution in [2.75, 3.05) is 20.2 Å². The van der Waals surface area contributed by atoms with Gasteiger partial charge in [-0.2, -0.15) is 0 Å². The highest BCUT2D eigenvalue weighted by Gasteiger charge is 2.31. The summed E-state index contributed by atoms with van der Waals surface area (Å²) in [6, 6.07) is 8.51. The fraction of sp³-hybridized carbons (Fsp3) is 0.312. The summed E-state index contributed by atoms with van der Waals surface area (Å²) >= 11 is 1.56. The first-order chi connectivity index (χ1) is 10.7. The average Bonchev–Trinajstić information content (AvgIpc) is 3.01. The number of halogens is 1. The van der Waals surface area contributed by atoms with Crippen LogP contribution in [0.25, 0.3) is 0 Å². The number of nitrogens with one attached hydrogen (secondary N) is 1. The molecular weight excluding hydrogens is 303 g/mol. The molecule has 1 aromatic carbocycles. The number of methoxy groups -OCH3 is 1. The topological polar surface area (TPSA) is 41.6 Å². The highest BCUT2D eigenvalue weighted by atomic mass is 32.1. The van der Waals surface area contributed by atoms with Gasteiger partial charge in [0.1, 0.15) is 6.04 Å². The van der Waals surface area contributed by atoms with Gasteiger partial charge in [-0.05, 0) is 29.1 Å². The van der Waals surface area contributed by atoms with Crippen LogP contribution in [0.1, 0.15) is 16.5 Å². The second-order valence-electron chi connectivity index (χ2n) is 5.15. The Morgan fingerprint density at radius 2 is 2.32 bits per heavy atom. The van der Waals surface area contributed by atoms with Crippen molar-refractivity contribution < 1.29 is 13.9 Å². The average molecular weight is 320 g/mol. The molecule has 1 aliphatic rings. The fourth-order valence-electron chi connectivity index (χ4n) is 2.68. The highest BCUT2D eigenvalue weighted by Crippen LogP contribution is 2.29. The third kappa shape index (κ3) is 2.98. The van der Waals surface area contributed by atoms with Crippen molar-refractivity contribution >= 4 is 17.2 Å². The van der Waals surface area contributed by atoms with Crippen molar-refractivity contribution in [3.63, 3.8) is 0 Å². The van der Waals surface area contributed by atoms with E-state index in [2.05, 4.69) is 10.2 Å². The van der Waals surface area contributed by atoms with Crippen molar-refractivity contribution in [3.05, 3.63) is 52.0 Å². The van der Waals surface area contributed by atoms with E-state index in [-0.39, 0.29) is 23.5 Å². The lowest BCUT2D eigenvalue weighted by molar-refractivity contribution is -0.129. The Bertz CT molecular complexity index is 660. The number of piperazine rings is 1. The molecule has 1 aliphatic heterocycles. The standard InChI is InChI=1S/C16H17FN2O2S/c1-21-13-5-4-11(9-12(13)17)10-19-7-6-18-16(20)15(19)14-3-2-8-22-14/h2-5,8-9,15H,6-7,10H2,1H3,(H,18,20). The van der Waals surface area contributed by atoms with Crippen LogP contribution in [0.5, 0.6) is 5.75 Å². The number of amides is 1. The maximum absolute atomic E-state index is 13.8. The zero-order chi connectivity index (χ0) is 15.5. The molecule has 1 aromatic heterocycles. The summed E-state index contributed by atoms with van der Waals surface area (Å²) in [5.74, 6) is -0.147. The molecule has 1 saturated heterocycles. The van der Waals surface area contributed by atoms with Crippen LogP contribution in [0, 0.1) is 5.82 Å². The van der Waals surface area contributed by atoms with Crippen molar-refractivity contribution in [3.8, 4) is 5.75 Å². The smallest absolute Gasteiger partial charge is 0.242 e. The molecule has 0 spiro atoms. The lowest BCUT2D eigenvalue weighted by Crippen LogP contribution is -2.49. The number of benzene rings is 1. The summed E-state index contributed by atoms with van der Waals surface area (Å²) in [6.07, 6.45) is 0. The number of carbonyl (C=O) groups is 1. The van der Waals surface area contributed by atoms with Gasteiger partial charge in [-0.3, -0.25) is 9.69 Å². The minimum atomic E-state index is -0.380. The minimum Gasteiger partial charge on any atom is -0.494 e. The summed E-state index contributed by atoms with van der Waals surface area (Å²) in [5.41, 5.74) is 0.828. The second kappa shape index (κ2) is 6.46. The van der Waals surface area contributed by atoms with Crippen molar-refractivity contribution in [2.45, 2.75) is 12.6 Å². The third-order valence-electron chi connectivity index (χ3n) is 3.73. The largest absolute Gasteiger partial charge is 0.494 e. The second-order valence-corrected chi connectivity index (χ2v) is 6.13. The molecule has 6 heteroatoms. The van der Waals surface area contributed by atoms with E-state index < -0.39 is 0 Å². The maximum Gasteiger partial charge on any atom is 0.242 e. The molecule has 116 valence electrons. The highest BCUT2D eigenvalue weighted by molar-refractivity contribution is 7.10. The van der Waals surface area contributed by atoms with E-state index in [1.807, 2.05) is 23.6 Å². The van der Waals surface area contributed by atoms with Gasteiger partial charge in [0.25, 0.3) is 0 Å². The molecule has 1 N–H and O–H groups in total. The van der Waals surface area contributed by atoms with Crippen LogP contribution in [-0.2, 0) is 11.3 Å². The summed E-state index contributed by atoms with van der Waals surface area (Å²) in [5, 5.41) is 4.86. The number of hydrogen-bond acceptors (Lipinski definition) is 4. The van der Waals surface area contributed by atoms with Crippen LogP contribution in [0.2, 0.25) is 0 Å². The molecule has 0 aliphatic carbocycles. The molecule has 1 fully saturated rings. The summed E-state index contributed by atoms with van der Waals surface area (Å²) in [6.45, 7) is 1.87. The van der Waals surface area contributed by atoms with Gasteiger partial charge in [-0.25, -0.2) is 4.39 Å². The third-order valence-corrected chi connectivity index (χ3v) is 4.65. The first kappa shape index (κ1) is 15.0. The predicted octanol–water partition coefficient (Wildman–Crippen LogP) is 2.57. The molecule has 22 heavy (non-hydrogen) atoms. The molecule has 4 nitrogen and oxygen atoms in total. The van der Waals surface area contributed by atoms with E-state index in [0.29, 0.717) is 13.1 Å². The molecule has 3 rings (SSSR count). The molecule has 1 amide bonds. The number of nitrogens with zero attached hydrogens (tertiary/aromatic N) is 1. The van der Waals surface area contributed by atoms with Crippen LogP contribution in [0.3, 0.4) is 0 Å². The zero-order valence-electron chi connectivity index (χ0n) is 12.2. The van der Waals surface area contributed by atoms with E-state index in [4.69, 9.17) is 4.74 Å². The van der Waals surface area contributed by atoms with E-state index in [0.717, 1.165) is 17.0 Å². The Balaban J connectivity index is 1.83. The Labute approximate surface area is 132 Å². The molecule has 0 saturated carbocycles. The van der Waals surface area contributed by atoms with Crippen LogP contribution in [-0.4, -0.2) is 31.0 Å². The van der Waals surface area contributed by atoms with Crippen molar-refractivity contribution in [2.24, 2.45) is 0 Å². The number of hydrogen-bond donors (Lipinski definition) is 1. The van der Waals surface area contributed by atoms with Gasteiger partial charge >= 0.3 is 0 Å². The predicted molar refractivity (Wildman–Crippen MR) is 83.4 cm³/mol. The molecule has 0 bridgehead atoms. The van der Waals surface area contributed by atoms with Gasteiger partial charge in [0, 0.05) is 24.5 Å². The van der Waals surface area contributed by atoms with Crippen LogP contribution in [0.4, 0.5) is 4.39 Å². The zero-order valence-corrected chi connectivity index (χ0v) is 13.0. The Kier molecular flexibility index (Phi) is 4.40. The first-order valence-corrected chi connectivity index (χ1v) is 7.94. The summed E-state index contributed by atoms with van der Waals surface area (Å²) in [7, 11) is 1.44. The van der Waals surface area contributed by atoms with Crippen LogP contribution in [0.15, 0.2) is 35.7 Å². The molecule has 1 atom stereocenters. The monoisotopic (exact) mass is 320 g/mol. The number of carbonyl (C=O) groups excluding carboxylic acids is 1. The molecule has 1 unspecified atom stereocenters. The van der Waals surface area contributed by atoms with Gasteiger partial charge in [0.05, 0.1) is 7.11 Å². The summed E-state index contributed by atoms with van der Waals surface area (Å²) in [4.78, 5) is 15.3. The number of thiophene rings is 1. The Hall–Kier alpha value is -1.92. The van der Waals surface area contributed by atoms with Gasteiger partial charge in [-0.15, -0.1) is 11.3 Å². The molecule has 2 heterocycles. The van der Waals surface area contributed by atoms with E-state index in [1.165, 1.54) is 13.2 Å². The normalized spacial score (nSPS) is 19.0. The van der Waals surface area contributed by atoms with E-state index in [9.17, 15) is 9.18 Å². The van der Waals surface area contributed by atoms with Crippen LogP contribution < -0.4 is 10.1 Å². The number of ether oxygens (including phenoxy) is 1. The SMILES string of the molecule is COc1ccc(CN2CCNC(=O)C2c2cccs2)cc1F. The van der Waals surface area contributed by atoms with Gasteiger partial charge in [0.2, 0.25) is 5.91 Å². The maximum atomic E-state index is 13.8. The fourth-order valence-corrected chi connectivity index (χ4v) is 3.54. The minimum absolute atomic E-state index is 0.00248.